The van der Waals surface area contributed by atoms with Crippen LogP contribution in [0.3, 0.4) is 0 Å². The van der Waals surface area contributed by atoms with E-state index in [1.54, 1.807) is 17.3 Å². The molecule has 29 heavy (non-hydrogen) atoms. The highest BCUT2D eigenvalue weighted by atomic mass is 32.2. The number of aromatic nitrogens is 1. The van der Waals surface area contributed by atoms with Crippen LogP contribution >= 0.6 is 0 Å². The van der Waals surface area contributed by atoms with E-state index in [-0.39, 0.29) is 17.8 Å². The summed E-state index contributed by atoms with van der Waals surface area (Å²) in [4.78, 5) is 13.5. The van der Waals surface area contributed by atoms with Crippen molar-refractivity contribution >= 4 is 27.2 Å². The molecule has 1 aromatic heterocycles. The molecule has 2 atom stereocenters. The predicted molar refractivity (Wildman–Crippen MR) is 113 cm³/mol. The van der Waals surface area contributed by atoms with E-state index in [4.69, 9.17) is 0 Å². The van der Waals surface area contributed by atoms with Crippen LogP contribution in [0.15, 0.2) is 18.2 Å². The molecule has 0 N–H and O–H groups in total. The first-order valence-corrected chi connectivity index (χ1v) is 11.6. The number of nitriles is 1. The first kappa shape index (κ1) is 21.5. The van der Waals surface area contributed by atoms with Crippen LogP contribution in [0.5, 0.6) is 0 Å². The second-order valence-corrected chi connectivity index (χ2v) is 10.00. The lowest BCUT2D eigenvalue weighted by Crippen LogP contribution is -2.56. The summed E-state index contributed by atoms with van der Waals surface area (Å²) in [6, 6.07) is 7.87. The van der Waals surface area contributed by atoms with Gasteiger partial charge in [0.2, 0.25) is 10.0 Å². The zero-order valence-electron chi connectivity index (χ0n) is 17.4. The van der Waals surface area contributed by atoms with Crippen molar-refractivity contribution in [3.63, 3.8) is 0 Å². The maximum atomic E-state index is 12.3. The summed E-state index contributed by atoms with van der Waals surface area (Å²) in [5.74, 6) is 0.121. The number of aryl methyl sites for hydroxylation is 1. The molecular formula is C21H28N4O3S. The summed E-state index contributed by atoms with van der Waals surface area (Å²) in [5, 5.41) is 10.5. The molecule has 1 aliphatic rings. The summed E-state index contributed by atoms with van der Waals surface area (Å²) in [6.45, 7) is 10.1. The maximum absolute atomic E-state index is 12.3. The van der Waals surface area contributed by atoms with Gasteiger partial charge in [-0.25, -0.2) is 8.42 Å². The van der Waals surface area contributed by atoms with Crippen LogP contribution in [0, 0.1) is 18.3 Å². The van der Waals surface area contributed by atoms with E-state index in [1.807, 2.05) is 30.5 Å². The monoisotopic (exact) mass is 416 g/mol. The molecular weight excluding hydrogens is 388 g/mol. The standard InChI is InChI=1S/C21H28N4O3S/c1-5-29(27,28)25-9-8-23(12-16(25)3)15(2)13-24-19(11-22)10-20-17(4)18(14-26)6-7-21(20)24/h6-7,10,14-16H,5,8-9,12-13H2,1-4H3/t15-,16+/m0/s1. The van der Waals surface area contributed by atoms with Gasteiger partial charge in [-0.3, -0.25) is 9.69 Å². The molecule has 8 heteroatoms. The number of aldehydes is 1. The average Bonchev–Trinajstić information content (AvgIpc) is 3.06. The fourth-order valence-electron chi connectivity index (χ4n) is 4.24. The van der Waals surface area contributed by atoms with Gasteiger partial charge in [0.1, 0.15) is 18.0 Å². The van der Waals surface area contributed by atoms with E-state index < -0.39 is 10.0 Å². The molecule has 3 rings (SSSR count). The Labute approximate surface area is 172 Å². The normalized spacial score (nSPS) is 19.9. The topological polar surface area (TPSA) is 86.4 Å². The minimum absolute atomic E-state index is 0.0783. The number of rotatable bonds is 6. The molecule has 7 nitrogen and oxygen atoms in total. The number of piperazine rings is 1. The number of sulfonamides is 1. The van der Waals surface area contributed by atoms with Crippen molar-refractivity contribution < 1.29 is 13.2 Å². The highest BCUT2D eigenvalue weighted by molar-refractivity contribution is 7.89. The van der Waals surface area contributed by atoms with E-state index in [0.717, 1.165) is 22.8 Å². The van der Waals surface area contributed by atoms with Crippen molar-refractivity contribution in [2.75, 3.05) is 25.4 Å². The van der Waals surface area contributed by atoms with E-state index in [1.165, 1.54) is 0 Å². The van der Waals surface area contributed by atoms with Gasteiger partial charge >= 0.3 is 0 Å². The summed E-state index contributed by atoms with van der Waals surface area (Å²) < 4.78 is 28.1. The van der Waals surface area contributed by atoms with Crippen LogP contribution in [0.4, 0.5) is 0 Å². The Morgan fingerprint density at radius 2 is 2.07 bits per heavy atom. The molecule has 0 amide bonds. The highest BCUT2D eigenvalue weighted by Crippen LogP contribution is 2.26. The minimum atomic E-state index is -3.19. The van der Waals surface area contributed by atoms with Crippen molar-refractivity contribution in [3.8, 4) is 6.07 Å². The van der Waals surface area contributed by atoms with Crippen molar-refractivity contribution in [2.45, 2.75) is 46.3 Å². The maximum Gasteiger partial charge on any atom is 0.214 e. The zero-order valence-corrected chi connectivity index (χ0v) is 18.2. The van der Waals surface area contributed by atoms with Gasteiger partial charge in [0.15, 0.2) is 0 Å². The van der Waals surface area contributed by atoms with Gasteiger partial charge in [0.05, 0.1) is 5.75 Å². The number of hydrogen-bond donors (Lipinski definition) is 0. The summed E-state index contributed by atoms with van der Waals surface area (Å²) in [5.41, 5.74) is 3.02. The van der Waals surface area contributed by atoms with Gasteiger partial charge in [-0.05, 0) is 51.5 Å². The summed E-state index contributed by atoms with van der Waals surface area (Å²) in [7, 11) is -3.19. The molecule has 1 fully saturated rings. The van der Waals surface area contributed by atoms with Crippen molar-refractivity contribution in [1.29, 1.82) is 5.26 Å². The number of carbonyl (C=O) groups is 1. The van der Waals surface area contributed by atoms with Crippen LogP contribution in [-0.2, 0) is 16.6 Å². The number of hydrogen-bond acceptors (Lipinski definition) is 5. The Morgan fingerprint density at radius 3 is 2.66 bits per heavy atom. The molecule has 0 saturated carbocycles. The molecule has 1 aliphatic heterocycles. The number of nitrogens with zero attached hydrogens (tertiary/aromatic N) is 4. The first-order chi connectivity index (χ1) is 13.7. The summed E-state index contributed by atoms with van der Waals surface area (Å²) >= 11 is 0. The molecule has 1 aromatic carbocycles. The number of carbonyl (C=O) groups excluding carboxylic acids is 1. The Kier molecular flexibility index (Phi) is 6.13. The quantitative estimate of drug-likeness (QED) is 0.675. The average molecular weight is 417 g/mol. The Hall–Kier alpha value is -2.21. The lowest BCUT2D eigenvalue weighted by atomic mass is 10.1. The lowest BCUT2D eigenvalue weighted by molar-refractivity contribution is 0.102. The van der Waals surface area contributed by atoms with Gasteiger partial charge in [0, 0.05) is 54.7 Å². The zero-order chi connectivity index (χ0) is 21.3. The fourth-order valence-corrected chi connectivity index (χ4v) is 5.54. The van der Waals surface area contributed by atoms with Crippen LogP contribution in [0.2, 0.25) is 0 Å². The smallest absolute Gasteiger partial charge is 0.214 e. The first-order valence-electron chi connectivity index (χ1n) is 9.95. The molecule has 2 heterocycles. The third-order valence-electron chi connectivity index (χ3n) is 6.03. The molecule has 0 spiro atoms. The van der Waals surface area contributed by atoms with Gasteiger partial charge in [-0.2, -0.15) is 9.57 Å². The number of fused-ring (bicyclic) bond motifs is 1. The molecule has 0 aliphatic carbocycles. The molecule has 1 saturated heterocycles. The third kappa shape index (κ3) is 3.95. The van der Waals surface area contributed by atoms with E-state index >= 15 is 0 Å². The SMILES string of the molecule is CCS(=O)(=O)N1CCN([C@@H](C)Cn2c(C#N)cc3c(C)c(C=O)ccc32)C[C@H]1C. The van der Waals surface area contributed by atoms with Crippen molar-refractivity contribution in [3.05, 3.63) is 35.0 Å². The largest absolute Gasteiger partial charge is 0.331 e. The molecule has 156 valence electrons. The van der Waals surface area contributed by atoms with Gasteiger partial charge in [-0.1, -0.05) is 0 Å². The van der Waals surface area contributed by atoms with Gasteiger partial charge < -0.3 is 4.57 Å². The summed E-state index contributed by atoms with van der Waals surface area (Å²) in [6.07, 6.45) is 0.839. The molecule has 0 radical (unpaired) electrons. The molecule has 0 unspecified atom stereocenters. The van der Waals surface area contributed by atoms with Gasteiger partial charge in [0.25, 0.3) is 0 Å². The van der Waals surface area contributed by atoms with Crippen LogP contribution in [0.1, 0.15) is 42.4 Å². The molecule has 2 aromatic rings. The van der Waals surface area contributed by atoms with Crippen LogP contribution < -0.4 is 0 Å². The molecule has 0 bridgehead atoms. The van der Waals surface area contributed by atoms with Crippen LogP contribution in [0.25, 0.3) is 10.9 Å². The second-order valence-electron chi connectivity index (χ2n) is 7.79. The van der Waals surface area contributed by atoms with Crippen molar-refractivity contribution in [2.24, 2.45) is 0 Å². The van der Waals surface area contributed by atoms with E-state index in [0.29, 0.717) is 37.4 Å². The Balaban J connectivity index is 1.84. The Morgan fingerprint density at radius 1 is 1.34 bits per heavy atom. The van der Waals surface area contributed by atoms with Crippen LogP contribution in [-0.4, -0.2) is 65.9 Å². The minimum Gasteiger partial charge on any atom is -0.331 e. The second kappa shape index (κ2) is 8.27. The van der Waals surface area contributed by atoms with Crippen molar-refractivity contribution in [1.82, 2.24) is 13.8 Å². The fraction of sp³-hybridized carbons (Fsp3) is 0.524. The highest BCUT2D eigenvalue weighted by Gasteiger charge is 2.33. The third-order valence-corrected chi connectivity index (χ3v) is 8.01. The van der Waals surface area contributed by atoms with E-state index in [2.05, 4.69) is 17.9 Å². The number of benzene rings is 1. The van der Waals surface area contributed by atoms with E-state index in [9.17, 15) is 18.5 Å². The Bertz CT molecular complexity index is 1070. The van der Waals surface area contributed by atoms with Gasteiger partial charge in [-0.15, -0.1) is 0 Å². The predicted octanol–water partition coefficient (Wildman–Crippen LogP) is 2.38. The lowest BCUT2D eigenvalue weighted by Gasteiger charge is -2.41.